The van der Waals surface area contributed by atoms with Gasteiger partial charge in [-0.05, 0) is 48.4 Å². The molecule has 1 aliphatic rings. The number of rotatable bonds is 4. The average molecular weight is 246 g/mol. The van der Waals surface area contributed by atoms with E-state index in [0.29, 0.717) is 12.5 Å². The molecule has 0 spiro atoms. The Hall–Kier alpha value is -1.35. The van der Waals surface area contributed by atoms with Gasteiger partial charge in [0.25, 0.3) is 5.91 Å². The van der Waals surface area contributed by atoms with Gasteiger partial charge in [0.05, 0.1) is 0 Å². The molecule has 0 bridgehead atoms. The third-order valence-electron chi connectivity index (χ3n) is 3.74. The van der Waals surface area contributed by atoms with Crippen LogP contribution in [0.4, 0.5) is 0 Å². The van der Waals surface area contributed by atoms with Crippen LogP contribution in [0, 0.1) is 5.92 Å². The van der Waals surface area contributed by atoms with Crippen molar-refractivity contribution in [2.45, 2.75) is 39.2 Å². The fourth-order valence-electron chi connectivity index (χ4n) is 2.46. The summed E-state index contributed by atoms with van der Waals surface area (Å²) >= 11 is 0. The number of nitrogens with one attached hydrogen (secondary N) is 1. The van der Waals surface area contributed by atoms with E-state index in [9.17, 15) is 4.79 Å². The smallest absolute Gasteiger partial charge is 0.251 e. The van der Waals surface area contributed by atoms with Crippen molar-refractivity contribution >= 4 is 5.91 Å². The minimum atomic E-state index is -0.00569. The third-order valence-corrected chi connectivity index (χ3v) is 3.74. The van der Waals surface area contributed by atoms with Gasteiger partial charge in [0.15, 0.2) is 0 Å². The Bertz CT molecular complexity index is 440. The van der Waals surface area contributed by atoms with E-state index in [2.05, 4.69) is 25.2 Å². The van der Waals surface area contributed by atoms with Crippen LogP contribution in [0.2, 0.25) is 0 Å². The molecule has 0 heterocycles. The molecule has 0 aliphatic heterocycles. The quantitative estimate of drug-likeness (QED) is 0.852. The lowest BCUT2D eigenvalue weighted by molar-refractivity contribution is 0.0927. The maximum atomic E-state index is 12.2. The van der Waals surface area contributed by atoms with E-state index in [1.165, 1.54) is 17.5 Å². The Labute approximate surface area is 109 Å². The van der Waals surface area contributed by atoms with Gasteiger partial charge in [0, 0.05) is 18.2 Å². The van der Waals surface area contributed by atoms with Gasteiger partial charge in [-0.1, -0.05) is 19.9 Å². The lowest BCUT2D eigenvalue weighted by Gasteiger charge is -2.20. The van der Waals surface area contributed by atoms with E-state index >= 15 is 0 Å². The first-order valence-electron chi connectivity index (χ1n) is 6.74. The summed E-state index contributed by atoms with van der Waals surface area (Å²) in [5.74, 6) is 0.349. The van der Waals surface area contributed by atoms with Gasteiger partial charge >= 0.3 is 0 Å². The van der Waals surface area contributed by atoms with Crippen molar-refractivity contribution in [1.29, 1.82) is 0 Å². The SMILES string of the molecule is CC(C)C(CN)NC(=O)c1ccc2c(c1)CCC2. The molecule has 0 fully saturated rings. The Morgan fingerprint density at radius 1 is 1.33 bits per heavy atom. The Morgan fingerprint density at radius 3 is 2.72 bits per heavy atom. The number of aryl methyl sites for hydroxylation is 2. The molecule has 1 aromatic carbocycles. The van der Waals surface area contributed by atoms with Crippen molar-refractivity contribution in [2.24, 2.45) is 11.7 Å². The summed E-state index contributed by atoms with van der Waals surface area (Å²) in [5, 5.41) is 3.01. The molecule has 1 unspecified atom stereocenters. The number of amides is 1. The van der Waals surface area contributed by atoms with Crippen LogP contribution in [0.1, 0.15) is 41.8 Å². The largest absolute Gasteiger partial charge is 0.348 e. The molecule has 18 heavy (non-hydrogen) atoms. The molecule has 98 valence electrons. The molecule has 0 saturated carbocycles. The van der Waals surface area contributed by atoms with Crippen LogP contribution < -0.4 is 11.1 Å². The molecule has 3 N–H and O–H groups in total. The van der Waals surface area contributed by atoms with E-state index in [1.807, 2.05) is 12.1 Å². The van der Waals surface area contributed by atoms with Gasteiger partial charge < -0.3 is 11.1 Å². The highest BCUT2D eigenvalue weighted by Gasteiger charge is 2.17. The first-order valence-corrected chi connectivity index (χ1v) is 6.74. The summed E-state index contributed by atoms with van der Waals surface area (Å²) in [4.78, 5) is 12.2. The van der Waals surface area contributed by atoms with Crippen LogP contribution in [0.15, 0.2) is 18.2 Å². The summed E-state index contributed by atoms with van der Waals surface area (Å²) < 4.78 is 0. The molecule has 2 rings (SSSR count). The standard InChI is InChI=1S/C15H22N2O/c1-10(2)14(9-16)17-15(18)13-7-6-11-4-3-5-12(11)8-13/h6-8,10,14H,3-5,9,16H2,1-2H3,(H,17,18). The molecule has 0 saturated heterocycles. The molecule has 1 aromatic rings. The number of fused-ring (bicyclic) bond motifs is 1. The first kappa shape index (κ1) is 13.1. The third kappa shape index (κ3) is 2.72. The van der Waals surface area contributed by atoms with Gasteiger partial charge in [-0.15, -0.1) is 0 Å². The first-order chi connectivity index (χ1) is 8.61. The van der Waals surface area contributed by atoms with Crippen molar-refractivity contribution in [3.63, 3.8) is 0 Å². The van der Waals surface area contributed by atoms with E-state index in [4.69, 9.17) is 5.73 Å². The number of hydrogen-bond acceptors (Lipinski definition) is 2. The number of benzene rings is 1. The van der Waals surface area contributed by atoms with Gasteiger partial charge in [-0.2, -0.15) is 0 Å². The second kappa shape index (κ2) is 5.53. The zero-order valence-corrected chi connectivity index (χ0v) is 11.2. The highest BCUT2D eigenvalue weighted by atomic mass is 16.1. The molecule has 1 aliphatic carbocycles. The summed E-state index contributed by atoms with van der Waals surface area (Å²) in [6, 6.07) is 6.09. The predicted octanol–water partition coefficient (Wildman–Crippen LogP) is 1.89. The van der Waals surface area contributed by atoms with Gasteiger partial charge in [-0.3, -0.25) is 4.79 Å². The fraction of sp³-hybridized carbons (Fsp3) is 0.533. The number of carbonyl (C=O) groups is 1. The summed E-state index contributed by atoms with van der Waals surface area (Å²) in [6.45, 7) is 4.62. The number of carbonyl (C=O) groups excluding carboxylic acids is 1. The molecule has 1 amide bonds. The van der Waals surface area contributed by atoms with Gasteiger partial charge in [0.2, 0.25) is 0 Å². The van der Waals surface area contributed by atoms with Crippen molar-refractivity contribution in [1.82, 2.24) is 5.32 Å². The van der Waals surface area contributed by atoms with Crippen LogP contribution in [0.25, 0.3) is 0 Å². The van der Waals surface area contributed by atoms with Crippen molar-refractivity contribution < 1.29 is 4.79 Å². The van der Waals surface area contributed by atoms with Gasteiger partial charge in [-0.25, -0.2) is 0 Å². The average Bonchev–Trinajstić information content (AvgIpc) is 2.82. The molecule has 0 aromatic heterocycles. The van der Waals surface area contributed by atoms with Gasteiger partial charge in [0.1, 0.15) is 0 Å². The Balaban J connectivity index is 2.09. The van der Waals surface area contributed by atoms with Crippen LogP contribution in [0.5, 0.6) is 0 Å². The molecule has 3 heteroatoms. The number of hydrogen-bond donors (Lipinski definition) is 2. The molecular formula is C15H22N2O. The maximum absolute atomic E-state index is 12.2. The zero-order valence-electron chi connectivity index (χ0n) is 11.2. The van der Waals surface area contributed by atoms with E-state index in [0.717, 1.165) is 18.4 Å². The van der Waals surface area contributed by atoms with Crippen molar-refractivity contribution in [2.75, 3.05) is 6.54 Å². The van der Waals surface area contributed by atoms with Crippen molar-refractivity contribution in [3.8, 4) is 0 Å². The second-order valence-corrected chi connectivity index (χ2v) is 5.40. The fourth-order valence-corrected chi connectivity index (χ4v) is 2.46. The summed E-state index contributed by atoms with van der Waals surface area (Å²) in [6.07, 6.45) is 3.45. The van der Waals surface area contributed by atoms with Crippen LogP contribution >= 0.6 is 0 Å². The van der Waals surface area contributed by atoms with Crippen LogP contribution in [-0.4, -0.2) is 18.5 Å². The van der Waals surface area contributed by atoms with E-state index in [1.54, 1.807) is 0 Å². The minimum Gasteiger partial charge on any atom is -0.348 e. The Kier molecular flexibility index (Phi) is 4.02. The lowest BCUT2D eigenvalue weighted by atomic mass is 10.0. The monoisotopic (exact) mass is 246 g/mol. The zero-order chi connectivity index (χ0) is 13.1. The summed E-state index contributed by atoms with van der Waals surface area (Å²) in [5.41, 5.74) is 9.16. The van der Waals surface area contributed by atoms with E-state index < -0.39 is 0 Å². The minimum absolute atomic E-state index is 0.00569. The van der Waals surface area contributed by atoms with E-state index in [-0.39, 0.29) is 11.9 Å². The topological polar surface area (TPSA) is 55.1 Å². The number of nitrogens with two attached hydrogens (primary N) is 1. The lowest BCUT2D eigenvalue weighted by Crippen LogP contribution is -2.43. The molecule has 0 radical (unpaired) electrons. The highest BCUT2D eigenvalue weighted by molar-refractivity contribution is 5.94. The van der Waals surface area contributed by atoms with Crippen molar-refractivity contribution in [3.05, 3.63) is 34.9 Å². The maximum Gasteiger partial charge on any atom is 0.251 e. The Morgan fingerprint density at radius 2 is 2.06 bits per heavy atom. The van der Waals surface area contributed by atoms with Crippen LogP contribution in [-0.2, 0) is 12.8 Å². The molecular weight excluding hydrogens is 224 g/mol. The molecule has 3 nitrogen and oxygen atoms in total. The predicted molar refractivity (Wildman–Crippen MR) is 73.6 cm³/mol. The second-order valence-electron chi connectivity index (χ2n) is 5.40. The highest BCUT2D eigenvalue weighted by Crippen LogP contribution is 2.22. The normalized spacial score (nSPS) is 15.6. The summed E-state index contributed by atoms with van der Waals surface area (Å²) in [7, 11) is 0. The molecule has 1 atom stereocenters. The van der Waals surface area contributed by atoms with Crippen LogP contribution in [0.3, 0.4) is 0 Å².